The van der Waals surface area contributed by atoms with Gasteiger partial charge in [-0.15, -0.1) is 0 Å². The molecule has 0 saturated carbocycles. The lowest BCUT2D eigenvalue weighted by Gasteiger charge is -2.22. The Morgan fingerprint density at radius 1 is 1.75 bits per heavy atom. The van der Waals surface area contributed by atoms with E-state index in [9.17, 15) is 14.7 Å². The molecule has 1 atom stereocenters. The molecule has 0 aromatic rings. The smallest absolute Gasteiger partial charge is 0.354 e. The summed E-state index contributed by atoms with van der Waals surface area (Å²) in [5.41, 5.74) is 0.753. The van der Waals surface area contributed by atoms with Crippen LogP contribution in [0.1, 0.15) is 19.8 Å². The molecule has 90 valence electrons. The Hall–Kier alpha value is -1.40. The number of rotatable bonds is 4. The first-order chi connectivity index (χ1) is 7.69. The Morgan fingerprint density at radius 3 is 3.06 bits per heavy atom. The van der Waals surface area contributed by atoms with Crippen molar-refractivity contribution in [3.8, 4) is 0 Å². The standard InChI is InChI=1S/C10H15NO5/c1-2-15-10(14)9(11-6-12)7-3-4-16-8(13)5-7/h6,8,13H,2-5H2,1H3,(H,11,12)/b9-7-/t8-/m0/s1. The van der Waals surface area contributed by atoms with E-state index >= 15 is 0 Å². The molecular formula is C10H15NO5. The molecule has 1 aliphatic heterocycles. The highest BCUT2D eigenvalue weighted by atomic mass is 16.6. The number of hydrogen-bond donors (Lipinski definition) is 2. The van der Waals surface area contributed by atoms with Crippen molar-refractivity contribution in [2.75, 3.05) is 13.2 Å². The van der Waals surface area contributed by atoms with Crippen LogP contribution in [-0.4, -0.2) is 37.0 Å². The highest BCUT2D eigenvalue weighted by Gasteiger charge is 2.22. The van der Waals surface area contributed by atoms with Gasteiger partial charge >= 0.3 is 5.97 Å². The van der Waals surface area contributed by atoms with Gasteiger partial charge in [-0.2, -0.15) is 0 Å². The summed E-state index contributed by atoms with van der Waals surface area (Å²) >= 11 is 0. The lowest BCUT2D eigenvalue weighted by Crippen LogP contribution is -2.28. The summed E-state index contributed by atoms with van der Waals surface area (Å²) < 4.78 is 9.73. The van der Waals surface area contributed by atoms with E-state index < -0.39 is 12.3 Å². The summed E-state index contributed by atoms with van der Waals surface area (Å²) in [5, 5.41) is 11.6. The molecule has 1 rings (SSSR count). The van der Waals surface area contributed by atoms with Crippen molar-refractivity contribution in [3.05, 3.63) is 11.3 Å². The van der Waals surface area contributed by atoms with Crippen LogP contribution in [0.3, 0.4) is 0 Å². The predicted octanol–water partition coefficient (Wildman–Crippen LogP) is -0.322. The number of aliphatic hydroxyl groups is 1. The maximum Gasteiger partial charge on any atom is 0.354 e. The van der Waals surface area contributed by atoms with Crippen molar-refractivity contribution < 1.29 is 24.2 Å². The molecule has 0 spiro atoms. The van der Waals surface area contributed by atoms with E-state index in [2.05, 4.69) is 5.32 Å². The summed E-state index contributed by atoms with van der Waals surface area (Å²) in [6, 6.07) is 0. The van der Waals surface area contributed by atoms with Gasteiger partial charge in [0.1, 0.15) is 5.70 Å². The number of nitrogens with one attached hydrogen (secondary N) is 1. The second-order valence-electron chi connectivity index (χ2n) is 3.24. The van der Waals surface area contributed by atoms with Gasteiger partial charge in [0.15, 0.2) is 6.29 Å². The van der Waals surface area contributed by atoms with Crippen LogP contribution in [0.5, 0.6) is 0 Å². The third-order valence-corrected chi connectivity index (χ3v) is 2.17. The number of aliphatic hydroxyl groups excluding tert-OH is 1. The Labute approximate surface area is 93.2 Å². The quantitative estimate of drug-likeness (QED) is 0.392. The van der Waals surface area contributed by atoms with Crippen molar-refractivity contribution in [2.24, 2.45) is 0 Å². The second-order valence-corrected chi connectivity index (χ2v) is 3.24. The van der Waals surface area contributed by atoms with Crippen molar-refractivity contribution in [1.82, 2.24) is 5.32 Å². The van der Waals surface area contributed by atoms with Crippen LogP contribution in [0.4, 0.5) is 0 Å². The molecule has 1 fully saturated rings. The molecule has 6 nitrogen and oxygen atoms in total. The molecule has 2 N–H and O–H groups in total. The van der Waals surface area contributed by atoms with E-state index in [0.717, 1.165) is 0 Å². The van der Waals surface area contributed by atoms with Crippen LogP contribution in [0, 0.1) is 0 Å². The fourth-order valence-electron chi connectivity index (χ4n) is 1.48. The summed E-state index contributed by atoms with van der Waals surface area (Å²) in [6.45, 7) is 2.23. The van der Waals surface area contributed by atoms with Gasteiger partial charge in [0.2, 0.25) is 6.41 Å². The van der Waals surface area contributed by atoms with Crippen LogP contribution < -0.4 is 5.32 Å². The number of hydrogen-bond acceptors (Lipinski definition) is 5. The average molecular weight is 229 g/mol. The summed E-state index contributed by atoms with van der Waals surface area (Å²) in [4.78, 5) is 21.9. The third-order valence-electron chi connectivity index (χ3n) is 2.17. The Morgan fingerprint density at radius 2 is 2.50 bits per heavy atom. The molecule has 0 aromatic carbocycles. The summed E-state index contributed by atoms with van der Waals surface area (Å²) in [5.74, 6) is -0.585. The summed E-state index contributed by atoms with van der Waals surface area (Å²) in [7, 11) is 0. The van der Waals surface area contributed by atoms with Gasteiger partial charge in [-0.3, -0.25) is 4.79 Å². The van der Waals surface area contributed by atoms with Gasteiger partial charge in [0.05, 0.1) is 13.2 Å². The minimum atomic E-state index is -0.929. The molecule has 0 aliphatic carbocycles. The zero-order valence-electron chi connectivity index (χ0n) is 9.06. The fraction of sp³-hybridized carbons (Fsp3) is 0.600. The zero-order chi connectivity index (χ0) is 12.0. The monoisotopic (exact) mass is 229 g/mol. The minimum absolute atomic E-state index is 0.110. The molecule has 0 unspecified atom stereocenters. The Kier molecular flexibility index (Phi) is 4.94. The predicted molar refractivity (Wildman–Crippen MR) is 54.1 cm³/mol. The fourth-order valence-corrected chi connectivity index (χ4v) is 1.48. The van der Waals surface area contributed by atoms with Crippen LogP contribution in [0.15, 0.2) is 11.3 Å². The number of ether oxygens (including phenoxy) is 2. The average Bonchev–Trinajstić information content (AvgIpc) is 2.26. The van der Waals surface area contributed by atoms with Gasteiger partial charge in [-0.25, -0.2) is 4.79 Å². The highest BCUT2D eigenvalue weighted by Crippen LogP contribution is 2.20. The molecule has 0 bridgehead atoms. The zero-order valence-corrected chi connectivity index (χ0v) is 9.06. The number of esters is 1. The summed E-state index contributed by atoms with van der Waals surface area (Å²) in [6.07, 6.45) is 0.184. The molecule has 0 aromatic heterocycles. The van der Waals surface area contributed by atoms with Crippen LogP contribution >= 0.6 is 0 Å². The maximum absolute atomic E-state index is 11.5. The topological polar surface area (TPSA) is 84.9 Å². The van der Waals surface area contributed by atoms with Crippen LogP contribution in [0.2, 0.25) is 0 Å². The first-order valence-corrected chi connectivity index (χ1v) is 5.08. The first kappa shape index (κ1) is 12.7. The third kappa shape index (κ3) is 3.32. The van der Waals surface area contributed by atoms with Gasteiger partial charge in [0, 0.05) is 6.42 Å². The first-order valence-electron chi connectivity index (χ1n) is 5.08. The van der Waals surface area contributed by atoms with Crippen molar-refractivity contribution in [3.63, 3.8) is 0 Å². The lowest BCUT2D eigenvalue weighted by atomic mass is 10.0. The van der Waals surface area contributed by atoms with E-state index in [1.807, 2.05) is 0 Å². The normalized spacial score (nSPS) is 23.5. The van der Waals surface area contributed by atoms with Gasteiger partial charge < -0.3 is 19.9 Å². The second kappa shape index (κ2) is 6.24. The van der Waals surface area contributed by atoms with Crippen LogP contribution in [0.25, 0.3) is 0 Å². The molecule has 1 aliphatic rings. The molecular weight excluding hydrogens is 214 g/mol. The lowest BCUT2D eigenvalue weighted by molar-refractivity contribution is -0.140. The molecule has 1 heterocycles. The van der Waals surface area contributed by atoms with Crippen molar-refractivity contribution in [2.45, 2.75) is 26.1 Å². The van der Waals surface area contributed by atoms with E-state index in [4.69, 9.17) is 9.47 Å². The van der Waals surface area contributed by atoms with Crippen molar-refractivity contribution >= 4 is 12.4 Å². The van der Waals surface area contributed by atoms with Gasteiger partial charge in [-0.05, 0) is 18.9 Å². The minimum Gasteiger partial charge on any atom is -0.461 e. The van der Waals surface area contributed by atoms with Crippen molar-refractivity contribution in [1.29, 1.82) is 0 Å². The molecule has 0 radical (unpaired) electrons. The Balaban J connectivity index is 2.84. The highest BCUT2D eigenvalue weighted by molar-refractivity contribution is 5.91. The Bertz CT molecular complexity index is 300. The molecule has 1 amide bonds. The molecule has 6 heteroatoms. The van der Waals surface area contributed by atoms with Crippen LogP contribution in [-0.2, 0) is 19.1 Å². The molecule has 1 saturated heterocycles. The maximum atomic E-state index is 11.5. The van der Waals surface area contributed by atoms with E-state index in [0.29, 0.717) is 25.0 Å². The van der Waals surface area contributed by atoms with E-state index in [1.54, 1.807) is 6.92 Å². The molecule has 16 heavy (non-hydrogen) atoms. The SMILES string of the molecule is CCOC(=O)/C(NC=O)=C1\CCO[C@H](O)C1. The number of carbonyl (C=O) groups is 2. The van der Waals surface area contributed by atoms with E-state index in [-0.39, 0.29) is 18.7 Å². The van der Waals surface area contributed by atoms with Gasteiger partial charge in [-0.1, -0.05) is 0 Å². The van der Waals surface area contributed by atoms with Gasteiger partial charge in [0.25, 0.3) is 0 Å². The number of carbonyl (C=O) groups excluding carboxylic acids is 2. The van der Waals surface area contributed by atoms with E-state index in [1.165, 1.54) is 0 Å². The number of amides is 1. The largest absolute Gasteiger partial charge is 0.461 e.